The van der Waals surface area contributed by atoms with Gasteiger partial charge in [-0.15, -0.1) is 0 Å². The Morgan fingerprint density at radius 2 is 2.00 bits per heavy atom. The molecule has 0 bridgehead atoms. The molecule has 1 aromatic heterocycles. The summed E-state index contributed by atoms with van der Waals surface area (Å²) in [5, 5.41) is 2.64. The van der Waals surface area contributed by atoms with Gasteiger partial charge in [0, 0.05) is 24.6 Å². The monoisotopic (exact) mass is 346 g/mol. The van der Waals surface area contributed by atoms with E-state index in [9.17, 15) is 18.4 Å². The molecule has 0 fully saturated rings. The number of hydrogen-bond acceptors (Lipinski definition) is 3. The summed E-state index contributed by atoms with van der Waals surface area (Å²) in [5.74, 6) is -2.28. The van der Waals surface area contributed by atoms with Gasteiger partial charge in [0.15, 0.2) is 5.58 Å². The van der Waals surface area contributed by atoms with Gasteiger partial charge in [-0.1, -0.05) is 18.2 Å². The van der Waals surface area contributed by atoms with Crippen molar-refractivity contribution < 1.29 is 18.0 Å². The van der Waals surface area contributed by atoms with Gasteiger partial charge in [0.25, 0.3) is 0 Å². The van der Waals surface area contributed by atoms with Gasteiger partial charge in [-0.3, -0.25) is 9.36 Å². The number of benzene rings is 2. The Labute approximate surface area is 141 Å². The van der Waals surface area contributed by atoms with Crippen LogP contribution in [0.5, 0.6) is 0 Å². The third-order valence-electron chi connectivity index (χ3n) is 3.94. The number of halogens is 2. The summed E-state index contributed by atoms with van der Waals surface area (Å²) in [4.78, 5) is 23.9. The minimum atomic E-state index is -0.718. The summed E-state index contributed by atoms with van der Waals surface area (Å²) in [7, 11) is 0. The topological polar surface area (TPSA) is 64.2 Å². The highest BCUT2D eigenvalue weighted by molar-refractivity contribution is 5.77. The molecule has 1 amide bonds. The smallest absolute Gasteiger partial charge is 0.408 e. The summed E-state index contributed by atoms with van der Waals surface area (Å²) < 4.78 is 33.2. The van der Waals surface area contributed by atoms with Crippen LogP contribution in [0.1, 0.15) is 24.9 Å². The molecule has 3 aromatic rings. The highest BCUT2D eigenvalue weighted by atomic mass is 19.1. The molecule has 3 rings (SSSR count). The summed E-state index contributed by atoms with van der Waals surface area (Å²) in [5.41, 5.74) is 1.26. The van der Waals surface area contributed by atoms with Crippen LogP contribution in [0.25, 0.3) is 11.1 Å². The number of fused-ring (bicyclic) bond motifs is 1. The second kappa shape index (κ2) is 6.88. The number of hydrogen-bond donors (Lipinski definition) is 1. The summed E-state index contributed by atoms with van der Waals surface area (Å²) in [6.07, 6.45) is 0.0244. The minimum absolute atomic E-state index is 0.0244. The van der Waals surface area contributed by atoms with Gasteiger partial charge in [0.05, 0.1) is 11.6 Å². The van der Waals surface area contributed by atoms with Gasteiger partial charge in [0.1, 0.15) is 11.6 Å². The number of para-hydroxylation sites is 2. The van der Waals surface area contributed by atoms with Crippen molar-refractivity contribution in [3.63, 3.8) is 0 Å². The van der Waals surface area contributed by atoms with E-state index in [-0.39, 0.29) is 24.4 Å². The zero-order valence-corrected chi connectivity index (χ0v) is 13.5. The molecule has 0 radical (unpaired) electrons. The fourth-order valence-electron chi connectivity index (χ4n) is 2.68. The molecule has 25 heavy (non-hydrogen) atoms. The quantitative estimate of drug-likeness (QED) is 0.772. The molecule has 0 aliphatic carbocycles. The molecular weight excluding hydrogens is 330 g/mol. The zero-order valence-electron chi connectivity index (χ0n) is 13.5. The first-order chi connectivity index (χ1) is 12.0. The number of nitrogens with zero attached hydrogens (tertiary/aromatic N) is 1. The Morgan fingerprint density at radius 3 is 2.76 bits per heavy atom. The molecule has 7 heteroatoms. The lowest BCUT2D eigenvalue weighted by atomic mass is 10.1. The summed E-state index contributed by atoms with van der Waals surface area (Å²) in [6, 6.07) is 9.51. The van der Waals surface area contributed by atoms with Crippen LogP contribution >= 0.6 is 0 Å². The highest BCUT2D eigenvalue weighted by Gasteiger charge is 2.15. The van der Waals surface area contributed by atoms with Crippen LogP contribution in [0, 0.1) is 11.6 Å². The van der Waals surface area contributed by atoms with Gasteiger partial charge in [-0.2, -0.15) is 0 Å². The molecule has 2 aromatic carbocycles. The first kappa shape index (κ1) is 16.9. The van der Waals surface area contributed by atoms with Crippen molar-refractivity contribution in [2.75, 3.05) is 0 Å². The van der Waals surface area contributed by atoms with E-state index in [2.05, 4.69) is 5.32 Å². The second-order valence-electron chi connectivity index (χ2n) is 5.69. The van der Waals surface area contributed by atoms with Gasteiger partial charge >= 0.3 is 5.76 Å². The predicted molar refractivity (Wildman–Crippen MR) is 88.0 cm³/mol. The number of carbonyl (C=O) groups is 1. The number of nitrogens with one attached hydrogen (secondary N) is 1. The molecule has 0 spiro atoms. The van der Waals surface area contributed by atoms with Crippen molar-refractivity contribution in [3.8, 4) is 0 Å². The van der Waals surface area contributed by atoms with Crippen LogP contribution in [0.2, 0.25) is 0 Å². The summed E-state index contributed by atoms with van der Waals surface area (Å²) >= 11 is 0. The Balaban J connectivity index is 1.66. The Kier molecular flexibility index (Phi) is 4.65. The molecule has 1 N–H and O–H groups in total. The maximum atomic E-state index is 13.7. The molecule has 0 aliphatic rings. The third-order valence-corrected chi connectivity index (χ3v) is 3.94. The lowest BCUT2D eigenvalue weighted by Crippen LogP contribution is -2.29. The fourth-order valence-corrected chi connectivity index (χ4v) is 2.68. The van der Waals surface area contributed by atoms with Crippen molar-refractivity contribution in [2.45, 2.75) is 25.9 Å². The molecule has 130 valence electrons. The fraction of sp³-hybridized carbons (Fsp3) is 0.222. The summed E-state index contributed by atoms with van der Waals surface area (Å²) in [6.45, 7) is 1.74. The Morgan fingerprint density at radius 1 is 1.24 bits per heavy atom. The maximum Gasteiger partial charge on any atom is 0.419 e. The standard InChI is InChI=1S/C18H16F2N2O3/c1-11(13-7-6-12(19)10-14(13)20)21-17(23)8-9-22-15-4-2-3-5-16(15)25-18(22)24/h2-7,10-11H,8-9H2,1H3,(H,21,23)/t11-/m1/s1. The van der Waals surface area contributed by atoms with Crippen molar-refractivity contribution in [1.82, 2.24) is 9.88 Å². The van der Waals surface area contributed by atoms with E-state index in [4.69, 9.17) is 4.42 Å². The lowest BCUT2D eigenvalue weighted by molar-refractivity contribution is -0.121. The first-order valence-electron chi connectivity index (χ1n) is 7.78. The average molecular weight is 346 g/mol. The molecule has 0 aliphatic heterocycles. The SMILES string of the molecule is C[C@@H](NC(=O)CCn1c(=O)oc2ccccc21)c1ccc(F)cc1F. The number of carbonyl (C=O) groups excluding carboxylic acids is 1. The van der Waals surface area contributed by atoms with E-state index in [1.807, 2.05) is 0 Å². The van der Waals surface area contributed by atoms with Crippen LogP contribution in [0.4, 0.5) is 8.78 Å². The molecule has 0 saturated heterocycles. The van der Waals surface area contributed by atoms with E-state index >= 15 is 0 Å². The Bertz CT molecular complexity index is 978. The van der Waals surface area contributed by atoms with Gasteiger partial charge < -0.3 is 9.73 Å². The highest BCUT2D eigenvalue weighted by Crippen LogP contribution is 2.18. The molecular formula is C18H16F2N2O3. The number of oxazole rings is 1. The van der Waals surface area contributed by atoms with Crippen molar-refractivity contribution >= 4 is 17.0 Å². The molecule has 0 unspecified atom stereocenters. The van der Waals surface area contributed by atoms with Crippen LogP contribution in [-0.2, 0) is 11.3 Å². The van der Waals surface area contributed by atoms with Gasteiger partial charge in [0.2, 0.25) is 5.91 Å². The van der Waals surface area contributed by atoms with Crippen molar-refractivity contribution in [2.24, 2.45) is 0 Å². The average Bonchev–Trinajstić information content (AvgIpc) is 2.88. The van der Waals surface area contributed by atoms with Crippen LogP contribution in [0.3, 0.4) is 0 Å². The first-order valence-corrected chi connectivity index (χ1v) is 7.78. The molecule has 1 heterocycles. The number of rotatable bonds is 5. The zero-order chi connectivity index (χ0) is 18.0. The molecule has 1 atom stereocenters. The van der Waals surface area contributed by atoms with Gasteiger partial charge in [-0.05, 0) is 25.1 Å². The Hall–Kier alpha value is -2.96. The maximum absolute atomic E-state index is 13.7. The number of aryl methyl sites for hydroxylation is 1. The van der Waals surface area contributed by atoms with E-state index in [0.29, 0.717) is 11.1 Å². The predicted octanol–water partition coefficient (Wildman–Crippen LogP) is 3.14. The number of amides is 1. The normalized spacial score (nSPS) is 12.3. The van der Waals surface area contributed by atoms with Crippen LogP contribution in [0.15, 0.2) is 51.7 Å². The van der Waals surface area contributed by atoms with Gasteiger partial charge in [-0.25, -0.2) is 13.6 Å². The van der Waals surface area contributed by atoms with E-state index < -0.39 is 23.4 Å². The van der Waals surface area contributed by atoms with E-state index in [0.717, 1.165) is 12.1 Å². The molecule has 5 nitrogen and oxygen atoms in total. The second-order valence-corrected chi connectivity index (χ2v) is 5.69. The van der Waals surface area contributed by atoms with E-state index in [1.165, 1.54) is 10.6 Å². The van der Waals surface area contributed by atoms with Crippen molar-refractivity contribution in [3.05, 3.63) is 70.2 Å². The minimum Gasteiger partial charge on any atom is -0.408 e. The van der Waals surface area contributed by atoms with Crippen LogP contribution < -0.4 is 11.1 Å². The number of aromatic nitrogens is 1. The third kappa shape index (κ3) is 3.60. The van der Waals surface area contributed by atoms with Crippen LogP contribution in [-0.4, -0.2) is 10.5 Å². The van der Waals surface area contributed by atoms with E-state index in [1.54, 1.807) is 31.2 Å². The molecule has 0 saturated carbocycles. The van der Waals surface area contributed by atoms with Crippen molar-refractivity contribution in [1.29, 1.82) is 0 Å². The largest absolute Gasteiger partial charge is 0.419 e. The lowest BCUT2D eigenvalue weighted by Gasteiger charge is -2.15.